The van der Waals surface area contributed by atoms with E-state index in [0.29, 0.717) is 113 Å². The number of ether oxygens (including phenoxy) is 6. The van der Waals surface area contributed by atoms with E-state index in [0.717, 1.165) is 0 Å². The lowest BCUT2D eigenvalue weighted by Gasteiger charge is -2.30. The van der Waals surface area contributed by atoms with Crippen LogP contribution in [0.25, 0.3) is 0 Å². The zero-order valence-corrected chi connectivity index (χ0v) is 44.1. The maximum Gasteiger partial charge on any atom is 0.303 e. The van der Waals surface area contributed by atoms with Crippen molar-refractivity contribution in [2.75, 3.05) is 109 Å². The van der Waals surface area contributed by atoms with Crippen molar-refractivity contribution in [2.24, 2.45) is 0 Å². The summed E-state index contributed by atoms with van der Waals surface area (Å²) in [6.07, 6.45) is 6.46. The molecule has 0 bridgehead atoms. The van der Waals surface area contributed by atoms with E-state index in [2.05, 4.69) is 0 Å². The van der Waals surface area contributed by atoms with Crippen LogP contribution in [-0.4, -0.2) is 178 Å². The monoisotopic (exact) mass is 1100 g/mol. The number of benzene rings is 2. The maximum absolute atomic E-state index is 12.5. The van der Waals surface area contributed by atoms with Crippen LogP contribution < -0.4 is 4.90 Å². The molecule has 2 aliphatic rings. The van der Waals surface area contributed by atoms with Crippen LogP contribution in [0, 0.1) is 0 Å². The Morgan fingerprint density at radius 1 is 0.625 bits per heavy atom. The lowest BCUT2D eigenvalue weighted by molar-refractivity contribution is -0.438. The summed E-state index contributed by atoms with van der Waals surface area (Å²) in [5.41, 5.74) is 0.710. The quantitative estimate of drug-likeness (QED) is 0.0357. The summed E-state index contributed by atoms with van der Waals surface area (Å²) in [6, 6.07) is 8.12. The number of allylic oxidation sites excluding steroid dienone is 4. The summed E-state index contributed by atoms with van der Waals surface area (Å²) >= 11 is 0. The van der Waals surface area contributed by atoms with Gasteiger partial charge in [0.15, 0.2) is 5.71 Å². The van der Waals surface area contributed by atoms with E-state index >= 15 is 0 Å². The summed E-state index contributed by atoms with van der Waals surface area (Å²) in [7, 11) is -16.7. The van der Waals surface area contributed by atoms with Crippen molar-refractivity contribution < 1.29 is 94.8 Å². The largest absolute Gasteiger partial charge is 0.481 e. The van der Waals surface area contributed by atoms with Crippen molar-refractivity contribution in [3.8, 4) is 0 Å². The minimum atomic E-state index is -4.71. The molecule has 72 heavy (non-hydrogen) atoms. The molecule has 4 rings (SSSR count). The van der Waals surface area contributed by atoms with Crippen LogP contribution in [0.3, 0.4) is 0 Å². The fraction of sp³-hybridized carbons (Fsp3) is 0.609. The standard InChI is InChI=1S/C46H68N2O20S4/c1-45(17-8-32-69(51,52)53)38-34-36(71(57,58)59)13-15-40(38)47(19-6-4-5-12-44(49)50)42(45)10-7-11-43-46(2,18-9-33-70(54,55)56)39-35-37(72(60,61)62)14-16-41(39)48(43)20-21-64-24-25-66-28-29-68-31-30-67-27-26-65-23-22-63-3/h7,10-11,13-16,34-35H,4-6,8-9,12,17-33H2,1-3H3,(H4-,49,50,51,52,53,54,55,56,57,58,59,60,61,62)/p+1. The summed E-state index contributed by atoms with van der Waals surface area (Å²) in [5.74, 6) is -2.18. The van der Waals surface area contributed by atoms with Gasteiger partial charge >= 0.3 is 5.97 Å². The van der Waals surface area contributed by atoms with Gasteiger partial charge < -0.3 is 38.4 Å². The van der Waals surface area contributed by atoms with Gasteiger partial charge in [-0.15, -0.1) is 0 Å². The molecule has 5 N–H and O–H groups in total. The van der Waals surface area contributed by atoms with Gasteiger partial charge in [0.05, 0.1) is 99.4 Å². The topological polar surface area (TPSA) is 316 Å². The molecule has 0 aromatic heterocycles. The molecular formula is C46H69N2O20S4+. The molecule has 0 saturated carbocycles. The molecule has 0 aliphatic carbocycles. The number of aliphatic carboxylic acids is 1. The van der Waals surface area contributed by atoms with E-state index in [1.165, 1.54) is 36.4 Å². The van der Waals surface area contributed by atoms with Gasteiger partial charge in [-0.05, 0) is 94.3 Å². The van der Waals surface area contributed by atoms with Gasteiger partial charge in [0.2, 0.25) is 5.69 Å². The molecular weight excluding hydrogens is 1030 g/mol. The number of unbranched alkanes of at least 4 members (excludes halogenated alkanes) is 2. The first kappa shape index (κ1) is 60.8. The third-order valence-electron chi connectivity index (χ3n) is 12.3. The second-order valence-corrected chi connectivity index (χ2v) is 23.6. The van der Waals surface area contributed by atoms with Gasteiger partial charge in [-0.3, -0.25) is 23.0 Å². The Morgan fingerprint density at radius 2 is 1.11 bits per heavy atom. The number of rotatable bonds is 36. The summed E-state index contributed by atoms with van der Waals surface area (Å²) in [6.45, 7) is 7.84. The van der Waals surface area contributed by atoms with Gasteiger partial charge in [0, 0.05) is 61.0 Å². The van der Waals surface area contributed by atoms with Gasteiger partial charge in [-0.1, -0.05) is 6.08 Å². The van der Waals surface area contributed by atoms with Gasteiger partial charge in [0.1, 0.15) is 6.54 Å². The number of carbonyl (C=O) groups is 1. The van der Waals surface area contributed by atoms with Crippen LogP contribution in [0.4, 0.5) is 11.4 Å². The minimum absolute atomic E-state index is 0.0570. The highest BCUT2D eigenvalue weighted by Gasteiger charge is 2.48. The zero-order valence-electron chi connectivity index (χ0n) is 40.8. The molecule has 2 heterocycles. The molecule has 2 aromatic carbocycles. The Kier molecular flexibility index (Phi) is 23.4. The van der Waals surface area contributed by atoms with Crippen LogP contribution in [0.5, 0.6) is 0 Å². The van der Waals surface area contributed by atoms with E-state index in [-0.39, 0.29) is 58.5 Å². The molecule has 406 valence electrons. The fourth-order valence-electron chi connectivity index (χ4n) is 8.84. The van der Waals surface area contributed by atoms with Gasteiger partial charge in [0.25, 0.3) is 40.5 Å². The average Bonchev–Trinajstić information content (AvgIpc) is 3.65. The maximum atomic E-state index is 12.5. The van der Waals surface area contributed by atoms with Crippen molar-refractivity contribution in [3.05, 3.63) is 71.5 Å². The SMILES string of the molecule is COCCOCCOCCOCCOCCOCCN1/C(=C/C=C/C2=[N+](CCCCCC(=O)O)c3ccc(S(=O)(=O)O)cc3C2(C)CCCS(=O)(=O)O)C(C)(CCCS(=O)(=O)O)c2cc(S(=O)(=O)O)ccc21. The summed E-state index contributed by atoms with van der Waals surface area (Å²) in [4.78, 5) is 12.3. The first-order valence-electron chi connectivity index (χ1n) is 23.4. The third kappa shape index (κ3) is 18.6. The number of fused-ring (bicyclic) bond motifs is 2. The van der Waals surface area contributed by atoms with Crippen molar-refractivity contribution in [1.82, 2.24) is 0 Å². The first-order chi connectivity index (χ1) is 33.8. The molecule has 0 spiro atoms. The Labute approximate surface area is 423 Å². The Balaban J connectivity index is 1.68. The first-order valence-corrected chi connectivity index (χ1v) is 29.5. The summed E-state index contributed by atoms with van der Waals surface area (Å²) < 4.78 is 172. The smallest absolute Gasteiger partial charge is 0.303 e. The molecule has 0 saturated heterocycles. The van der Waals surface area contributed by atoms with Crippen LogP contribution in [0.2, 0.25) is 0 Å². The van der Waals surface area contributed by atoms with Crippen LogP contribution in [-0.2, 0) is 84.5 Å². The van der Waals surface area contributed by atoms with E-state index in [1.807, 2.05) is 9.48 Å². The van der Waals surface area contributed by atoms with Gasteiger partial charge in [-0.2, -0.15) is 38.2 Å². The molecule has 0 fully saturated rings. The predicted molar refractivity (Wildman–Crippen MR) is 265 cm³/mol. The molecule has 26 heteroatoms. The molecule has 2 aliphatic heterocycles. The normalized spacial score (nSPS) is 19.0. The molecule has 22 nitrogen and oxygen atoms in total. The molecule has 2 aromatic rings. The van der Waals surface area contributed by atoms with Crippen molar-refractivity contribution in [2.45, 2.75) is 85.8 Å². The van der Waals surface area contributed by atoms with E-state index < -0.39 is 78.6 Å². The third-order valence-corrected chi connectivity index (χ3v) is 15.6. The highest BCUT2D eigenvalue weighted by Crippen LogP contribution is 2.51. The highest BCUT2D eigenvalue weighted by atomic mass is 32.2. The minimum Gasteiger partial charge on any atom is -0.481 e. The van der Waals surface area contributed by atoms with Crippen LogP contribution in [0.1, 0.15) is 76.3 Å². The average molecular weight is 1100 g/mol. The number of carboxylic acids is 1. The molecule has 0 amide bonds. The number of anilines is 1. The van der Waals surface area contributed by atoms with Gasteiger partial charge in [-0.25, -0.2) is 0 Å². The molecule has 2 unspecified atom stereocenters. The molecule has 2 atom stereocenters. The number of hydrogen-bond donors (Lipinski definition) is 5. The van der Waals surface area contributed by atoms with E-state index in [9.17, 15) is 61.8 Å². The fourth-order valence-corrected chi connectivity index (χ4v) is 10.9. The number of methoxy groups -OCH3 is 1. The molecule has 0 radical (unpaired) electrons. The van der Waals surface area contributed by atoms with Crippen molar-refractivity contribution in [3.63, 3.8) is 0 Å². The lowest BCUT2D eigenvalue weighted by atomic mass is 9.75. The second-order valence-electron chi connectivity index (χ2n) is 17.6. The lowest BCUT2D eigenvalue weighted by Crippen LogP contribution is -2.32. The zero-order chi connectivity index (χ0) is 53.2. The van der Waals surface area contributed by atoms with Crippen LogP contribution >= 0.6 is 0 Å². The van der Waals surface area contributed by atoms with E-state index in [1.54, 1.807) is 39.2 Å². The number of nitrogens with zero attached hydrogens (tertiary/aromatic N) is 2. The number of carboxylic acid groups (broad SMARTS) is 1. The van der Waals surface area contributed by atoms with Crippen LogP contribution in [0.15, 0.2) is 70.1 Å². The van der Waals surface area contributed by atoms with Crippen molar-refractivity contribution >= 4 is 63.5 Å². The predicted octanol–water partition coefficient (Wildman–Crippen LogP) is 4.46. The van der Waals surface area contributed by atoms with E-state index in [4.69, 9.17) is 28.4 Å². The highest BCUT2D eigenvalue weighted by molar-refractivity contribution is 7.86. The summed E-state index contributed by atoms with van der Waals surface area (Å²) in [5, 5.41) is 9.23. The Bertz CT molecular complexity index is 2690. The Morgan fingerprint density at radius 3 is 1.61 bits per heavy atom. The van der Waals surface area contributed by atoms with Crippen molar-refractivity contribution in [1.29, 1.82) is 0 Å². The second kappa shape index (κ2) is 27.7. The number of hydrogen-bond acceptors (Lipinski definition) is 16. The Hall–Kier alpha value is -3.74.